The molecule has 5 aromatic carbocycles. The molecule has 8 rings (SSSR count). The van der Waals surface area contributed by atoms with E-state index >= 15 is 0 Å². The maximum absolute atomic E-state index is 2.49. The lowest BCUT2D eigenvalue weighted by Crippen LogP contribution is -2.21. The average molecular weight is 571 g/mol. The average Bonchev–Trinajstić information content (AvgIpc) is 3.26. The number of allylic oxidation sites excluding steroid dienone is 2. The molecule has 3 aliphatic carbocycles. The number of hydrogen-bond donors (Lipinski definition) is 0. The summed E-state index contributed by atoms with van der Waals surface area (Å²) < 4.78 is 0. The summed E-state index contributed by atoms with van der Waals surface area (Å²) in [5, 5.41) is 2.81. The Bertz CT molecular complexity index is 2040. The molecule has 0 heteroatoms. The van der Waals surface area contributed by atoms with Crippen molar-refractivity contribution in [1.82, 2.24) is 0 Å². The van der Waals surface area contributed by atoms with Crippen molar-refractivity contribution in [1.29, 1.82) is 0 Å². The Morgan fingerprint density at radius 3 is 2.05 bits per heavy atom. The van der Waals surface area contributed by atoms with Crippen LogP contribution in [0.2, 0.25) is 0 Å². The summed E-state index contributed by atoms with van der Waals surface area (Å²) in [6, 6.07) is 33.1. The van der Waals surface area contributed by atoms with Crippen molar-refractivity contribution in [2.24, 2.45) is 5.92 Å². The SMILES string of the molecule is CC(C)c1ccc2c(c1)C(C)(C)c1cc(C(C)(C)c3ccc(-c4ccc5c6c7c(ccc46)C=CC(C)C7C=C5)cc3)ccc1-2. The van der Waals surface area contributed by atoms with Crippen molar-refractivity contribution < 1.29 is 0 Å². The molecule has 0 aromatic heterocycles. The van der Waals surface area contributed by atoms with Crippen LogP contribution in [-0.4, -0.2) is 0 Å². The maximum atomic E-state index is 2.49. The Balaban J connectivity index is 1.16. The van der Waals surface area contributed by atoms with Crippen LogP contribution in [0.1, 0.15) is 105 Å². The molecule has 3 aliphatic rings. The standard InChI is InChI=1S/C44H42/c1-26(2)31-15-21-36-37-23-18-33(25-40(37)44(6,7)39(36)24-31)43(4,5)32-16-10-28(11-17-32)35-20-13-30-12-19-34-27(3)8-9-29-14-22-38(35)42(30)41(29)34/h8-27,34H,1-7H3. The summed E-state index contributed by atoms with van der Waals surface area (Å²) in [6.07, 6.45) is 9.44. The second-order valence-corrected chi connectivity index (χ2v) is 14.8. The van der Waals surface area contributed by atoms with E-state index in [9.17, 15) is 0 Å². The van der Waals surface area contributed by atoms with Gasteiger partial charge in [0.1, 0.15) is 0 Å². The molecule has 0 aliphatic heterocycles. The van der Waals surface area contributed by atoms with E-state index in [4.69, 9.17) is 0 Å². The van der Waals surface area contributed by atoms with Crippen molar-refractivity contribution in [3.8, 4) is 22.3 Å². The first-order chi connectivity index (χ1) is 21.1. The number of rotatable bonds is 4. The number of benzene rings is 5. The molecule has 5 aromatic rings. The van der Waals surface area contributed by atoms with Crippen LogP contribution in [0.4, 0.5) is 0 Å². The third-order valence-corrected chi connectivity index (χ3v) is 11.3. The third-order valence-electron chi connectivity index (χ3n) is 11.3. The van der Waals surface area contributed by atoms with Crippen molar-refractivity contribution in [2.45, 2.75) is 71.1 Å². The molecule has 2 unspecified atom stereocenters. The monoisotopic (exact) mass is 570 g/mol. The van der Waals surface area contributed by atoms with Crippen molar-refractivity contribution in [3.05, 3.63) is 142 Å². The summed E-state index contributed by atoms with van der Waals surface area (Å²) in [4.78, 5) is 0. The predicted octanol–water partition coefficient (Wildman–Crippen LogP) is 12.0. The molecule has 0 saturated heterocycles. The van der Waals surface area contributed by atoms with Gasteiger partial charge in [-0.3, -0.25) is 0 Å². The molecule has 0 heterocycles. The first-order valence-electron chi connectivity index (χ1n) is 16.4. The molecule has 0 bridgehead atoms. The van der Waals surface area contributed by atoms with Crippen LogP contribution in [0.25, 0.3) is 45.2 Å². The molecule has 0 radical (unpaired) electrons. The minimum atomic E-state index is -0.117. The molecule has 218 valence electrons. The lowest BCUT2D eigenvalue weighted by atomic mass is 9.73. The van der Waals surface area contributed by atoms with Gasteiger partial charge < -0.3 is 0 Å². The second kappa shape index (κ2) is 9.42. The van der Waals surface area contributed by atoms with Gasteiger partial charge in [0.05, 0.1) is 0 Å². The topological polar surface area (TPSA) is 0 Å². The maximum Gasteiger partial charge on any atom is 0.0159 e. The Morgan fingerprint density at radius 1 is 0.659 bits per heavy atom. The van der Waals surface area contributed by atoms with E-state index in [1.54, 1.807) is 0 Å². The normalized spacial score (nSPS) is 19.0. The van der Waals surface area contributed by atoms with Crippen LogP contribution in [-0.2, 0) is 10.8 Å². The zero-order chi connectivity index (χ0) is 30.5. The van der Waals surface area contributed by atoms with E-state index in [2.05, 4.69) is 158 Å². The molecule has 0 saturated carbocycles. The van der Waals surface area contributed by atoms with Gasteiger partial charge in [-0.1, -0.05) is 158 Å². The highest BCUT2D eigenvalue weighted by Gasteiger charge is 2.37. The van der Waals surface area contributed by atoms with Gasteiger partial charge in [0, 0.05) is 16.7 Å². The van der Waals surface area contributed by atoms with Crippen LogP contribution in [0.15, 0.2) is 97.1 Å². The van der Waals surface area contributed by atoms with E-state index < -0.39 is 0 Å². The van der Waals surface area contributed by atoms with Gasteiger partial charge in [-0.2, -0.15) is 0 Å². The molecule has 0 nitrogen and oxygen atoms in total. The summed E-state index contributed by atoms with van der Waals surface area (Å²) in [6.45, 7) is 16.5. The highest BCUT2D eigenvalue weighted by molar-refractivity contribution is 6.06. The van der Waals surface area contributed by atoms with Gasteiger partial charge >= 0.3 is 0 Å². The second-order valence-electron chi connectivity index (χ2n) is 14.8. The molecule has 0 amide bonds. The summed E-state index contributed by atoms with van der Waals surface area (Å²) in [5.74, 6) is 1.52. The van der Waals surface area contributed by atoms with Gasteiger partial charge in [0.2, 0.25) is 0 Å². The third kappa shape index (κ3) is 3.83. The van der Waals surface area contributed by atoms with E-state index in [0.29, 0.717) is 17.8 Å². The van der Waals surface area contributed by atoms with Crippen LogP contribution in [0.3, 0.4) is 0 Å². The molecular formula is C44H42. The lowest BCUT2D eigenvalue weighted by Gasteiger charge is -2.30. The van der Waals surface area contributed by atoms with E-state index in [1.807, 2.05) is 0 Å². The van der Waals surface area contributed by atoms with Crippen LogP contribution in [0.5, 0.6) is 0 Å². The van der Waals surface area contributed by atoms with Crippen molar-refractivity contribution in [2.75, 3.05) is 0 Å². The fraction of sp³-hybridized carbons (Fsp3) is 0.273. The highest BCUT2D eigenvalue weighted by Crippen LogP contribution is 2.51. The van der Waals surface area contributed by atoms with Crippen molar-refractivity contribution in [3.63, 3.8) is 0 Å². The van der Waals surface area contributed by atoms with Gasteiger partial charge in [-0.25, -0.2) is 0 Å². The Morgan fingerprint density at radius 2 is 1.30 bits per heavy atom. The lowest BCUT2D eigenvalue weighted by molar-refractivity contribution is 0.626. The van der Waals surface area contributed by atoms with Crippen LogP contribution in [0, 0.1) is 5.92 Å². The first-order valence-corrected chi connectivity index (χ1v) is 16.4. The van der Waals surface area contributed by atoms with E-state index in [0.717, 1.165) is 0 Å². The number of hydrogen-bond acceptors (Lipinski definition) is 0. The molecule has 0 spiro atoms. The van der Waals surface area contributed by atoms with Crippen molar-refractivity contribution >= 4 is 22.9 Å². The Labute approximate surface area is 263 Å². The predicted molar refractivity (Wildman–Crippen MR) is 190 cm³/mol. The van der Waals surface area contributed by atoms with Crippen LogP contribution < -0.4 is 0 Å². The van der Waals surface area contributed by atoms with Gasteiger partial charge in [0.15, 0.2) is 0 Å². The Hall–Kier alpha value is -4.16. The summed E-state index contributed by atoms with van der Waals surface area (Å²) >= 11 is 0. The molecule has 0 N–H and O–H groups in total. The van der Waals surface area contributed by atoms with Gasteiger partial charge in [0.25, 0.3) is 0 Å². The summed E-state index contributed by atoms with van der Waals surface area (Å²) in [7, 11) is 0. The molecule has 0 fully saturated rings. The zero-order valence-electron chi connectivity index (χ0n) is 27.1. The minimum absolute atomic E-state index is 0.0116. The minimum Gasteiger partial charge on any atom is -0.0802 e. The molecule has 2 atom stereocenters. The summed E-state index contributed by atoms with van der Waals surface area (Å²) in [5.41, 5.74) is 16.6. The fourth-order valence-corrected chi connectivity index (χ4v) is 8.27. The largest absolute Gasteiger partial charge is 0.0802 e. The van der Waals surface area contributed by atoms with Gasteiger partial charge in [-0.15, -0.1) is 0 Å². The smallest absolute Gasteiger partial charge is 0.0159 e. The zero-order valence-corrected chi connectivity index (χ0v) is 27.1. The van der Waals surface area contributed by atoms with E-state index in [-0.39, 0.29) is 10.8 Å². The van der Waals surface area contributed by atoms with Gasteiger partial charge in [-0.05, 0) is 89.4 Å². The molecule has 44 heavy (non-hydrogen) atoms. The Kier molecular flexibility index (Phi) is 5.86. The molecular weight excluding hydrogens is 528 g/mol. The van der Waals surface area contributed by atoms with E-state index in [1.165, 1.54) is 77.5 Å². The van der Waals surface area contributed by atoms with Crippen LogP contribution >= 0.6 is 0 Å². The number of fused-ring (bicyclic) bond motifs is 3. The fourth-order valence-electron chi connectivity index (χ4n) is 8.27. The quantitative estimate of drug-likeness (QED) is 0.202. The first kappa shape index (κ1) is 27.4. The highest BCUT2D eigenvalue weighted by atomic mass is 14.4.